The van der Waals surface area contributed by atoms with Crippen LogP contribution in [0, 0.1) is 0 Å². The van der Waals surface area contributed by atoms with Gasteiger partial charge in [0.05, 0.1) is 6.42 Å². The zero-order chi connectivity index (χ0) is 11.8. The molecule has 1 aromatic rings. The van der Waals surface area contributed by atoms with Crippen LogP contribution >= 0.6 is 0 Å². The molecule has 1 aliphatic carbocycles. The first-order valence-electron chi connectivity index (χ1n) is 5.01. The van der Waals surface area contributed by atoms with Crippen molar-refractivity contribution >= 4 is 5.95 Å². The maximum atomic E-state index is 12.0. The van der Waals surface area contributed by atoms with E-state index in [0.717, 1.165) is 12.8 Å². The minimum Gasteiger partial charge on any atom is -0.368 e. The molecule has 1 fully saturated rings. The molecule has 88 valence electrons. The Balaban J connectivity index is 2.08. The molecule has 0 saturated heterocycles. The maximum absolute atomic E-state index is 12.0. The molecule has 0 atom stereocenters. The fourth-order valence-electron chi connectivity index (χ4n) is 1.35. The second-order valence-corrected chi connectivity index (χ2v) is 3.86. The van der Waals surface area contributed by atoms with E-state index in [1.807, 2.05) is 0 Å². The lowest BCUT2D eigenvalue weighted by atomic mass is 10.3. The van der Waals surface area contributed by atoms with Gasteiger partial charge in [-0.05, 0) is 12.8 Å². The van der Waals surface area contributed by atoms with Gasteiger partial charge in [0.1, 0.15) is 11.6 Å². The topological polar surface area (TPSA) is 64.7 Å². The van der Waals surface area contributed by atoms with Crippen LogP contribution in [0.5, 0.6) is 0 Å². The molecule has 1 aliphatic rings. The summed E-state index contributed by atoms with van der Waals surface area (Å²) in [6.45, 7) is 0. The summed E-state index contributed by atoms with van der Waals surface area (Å²) in [5.74, 6) is 0.931. The van der Waals surface area contributed by atoms with E-state index in [2.05, 4.69) is 15.0 Å². The number of aromatic nitrogens is 3. The molecule has 2 N–H and O–H groups in total. The number of hydrogen-bond acceptors (Lipinski definition) is 4. The SMILES string of the molecule is Nc1nc(CCC(F)(F)F)nc(C2CC2)n1. The smallest absolute Gasteiger partial charge is 0.368 e. The molecule has 16 heavy (non-hydrogen) atoms. The standard InChI is InChI=1S/C9H11F3N4/c10-9(11,12)4-3-6-14-7(5-1-2-5)16-8(13)15-6/h5H,1-4H2,(H2,13,14,15,16). The number of nitrogen functional groups attached to an aromatic ring is 1. The summed E-state index contributed by atoms with van der Waals surface area (Å²) < 4.78 is 36.0. The molecule has 0 unspecified atom stereocenters. The summed E-state index contributed by atoms with van der Waals surface area (Å²) >= 11 is 0. The number of nitrogens with two attached hydrogens (primary N) is 1. The van der Waals surface area contributed by atoms with Crippen LogP contribution in [0.3, 0.4) is 0 Å². The number of anilines is 1. The third kappa shape index (κ3) is 3.04. The first-order valence-corrected chi connectivity index (χ1v) is 5.01. The summed E-state index contributed by atoms with van der Waals surface area (Å²) in [6, 6.07) is 0. The number of rotatable bonds is 3. The van der Waals surface area contributed by atoms with Gasteiger partial charge in [-0.1, -0.05) is 0 Å². The minimum atomic E-state index is -4.19. The lowest BCUT2D eigenvalue weighted by molar-refractivity contribution is -0.134. The van der Waals surface area contributed by atoms with E-state index in [9.17, 15) is 13.2 Å². The molecule has 1 aromatic heterocycles. The summed E-state index contributed by atoms with van der Waals surface area (Å²) in [5, 5.41) is 0. The molecule has 1 heterocycles. The van der Waals surface area contributed by atoms with E-state index in [1.165, 1.54) is 0 Å². The minimum absolute atomic E-state index is 0.00840. The van der Waals surface area contributed by atoms with Gasteiger partial charge in [0.25, 0.3) is 0 Å². The Labute approximate surface area is 90.1 Å². The van der Waals surface area contributed by atoms with E-state index in [0.29, 0.717) is 5.82 Å². The van der Waals surface area contributed by atoms with Gasteiger partial charge in [-0.3, -0.25) is 0 Å². The first kappa shape index (κ1) is 11.1. The highest BCUT2D eigenvalue weighted by atomic mass is 19.4. The van der Waals surface area contributed by atoms with Crippen molar-refractivity contribution in [2.75, 3.05) is 5.73 Å². The molecular weight excluding hydrogens is 221 g/mol. The lowest BCUT2D eigenvalue weighted by Gasteiger charge is -2.06. The molecule has 0 aromatic carbocycles. The van der Waals surface area contributed by atoms with Gasteiger partial charge in [0.2, 0.25) is 5.95 Å². The highest BCUT2D eigenvalue weighted by Gasteiger charge is 2.29. The Kier molecular flexibility index (Phi) is 2.69. The van der Waals surface area contributed by atoms with Crippen molar-refractivity contribution in [1.29, 1.82) is 0 Å². The molecular formula is C9H11F3N4. The van der Waals surface area contributed by atoms with Crippen LogP contribution in [0.1, 0.15) is 36.8 Å². The fourth-order valence-corrected chi connectivity index (χ4v) is 1.35. The maximum Gasteiger partial charge on any atom is 0.389 e. The first-order chi connectivity index (χ1) is 7.44. The third-order valence-electron chi connectivity index (χ3n) is 2.29. The average molecular weight is 232 g/mol. The van der Waals surface area contributed by atoms with E-state index in [4.69, 9.17) is 5.73 Å². The second kappa shape index (κ2) is 3.88. The average Bonchev–Trinajstić information content (AvgIpc) is 2.95. The van der Waals surface area contributed by atoms with Crippen LogP contribution in [-0.2, 0) is 6.42 Å². The van der Waals surface area contributed by atoms with Gasteiger partial charge in [-0.2, -0.15) is 23.1 Å². The molecule has 1 saturated carbocycles. The van der Waals surface area contributed by atoms with Crippen LogP contribution < -0.4 is 5.73 Å². The van der Waals surface area contributed by atoms with Crippen molar-refractivity contribution in [3.8, 4) is 0 Å². The van der Waals surface area contributed by atoms with Gasteiger partial charge < -0.3 is 5.73 Å². The monoisotopic (exact) mass is 232 g/mol. The van der Waals surface area contributed by atoms with Crippen molar-refractivity contribution in [3.05, 3.63) is 11.6 Å². The Bertz CT molecular complexity index is 387. The van der Waals surface area contributed by atoms with E-state index < -0.39 is 12.6 Å². The summed E-state index contributed by atoms with van der Waals surface area (Å²) in [5.41, 5.74) is 5.42. The van der Waals surface area contributed by atoms with Crippen molar-refractivity contribution in [2.45, 2.75) is 37.8 Å². The van der Waals surface area contributed by atoms with Crippen LogP contribution in [0.15, 0.2) is 0 Å². The fraction of sp³-hybridized carbons (Fsp3) is 0.667. The van der Waals surface area contributed by atoms with Crippen LogP contribution in [0.2, 0.25) is 0 Å². The van der Waals surface area contributed by atoms with Crippen LogP contribution in [0.4, 0.5) is 19.1 Å². The summed E-state index contributed by atoms with van der Waals surface area (Å²) in [4.78, 5) is 11.6. The van der Waals surface area contributed by atoms with E-state index >= 15 is 0 Å². The van der Waals surface area contributed by atoms with E-state index in [1.54, 1.807) is 0 Å². The predicted molar refractivity (Wildman–Crippen MR) is 50.6 cm³/mol. The summed E-state index contributed by atoms with van der Waals surface area (Å²) in [7, 11) is 0. The molecule has 0 aliphatic heterocycles. The number of alkyl halides is 3. The van der Waals surface area contributed by atoms with Crippen molar-refractivity contribution < 1.29 is 13.2 Å². The normalized spacial score (nSPS) is 16.4. The number of aryl methyl sites for hydroxylation is 1. The number of halogens is 3. The highest BCUT2D eigenvalue weighted by molar-refractivity contribution is 5.19. The Morgan fingerprint density at radius 3 is 2.44 bits per heavy atom. The highest BCUT2D eigenvalue weighted by Crippen LogP contribution is 2.38. The molecule has 0 radical (unpaired) electrons. The Hall–Kier alpha value is -1.40. The van der Waals surface area contributed by atoms with Gasteiger partial charge in [-0.25, -0.2) is 4.98 Å². The Morgan fingerprint density at radius 2 is 1.88 bits per heavy atom. The largest absolute Gasteiger partial charge is 0.389 e. The van der Waals surface area contributed by atoms with Crippen molar-refractivity contribution in [1.82, 2.24) is 15.0 Å². The molecule has 7 heteroatoms. The number of nitrogens with zero attached hydrogens (tertiary/aromatic N) is 3. The van der Waals surface area contributed by atoms with E-state index in [-0.39, 0.29) is 24.1 Å². The van der Waals surface area contributed by atoms with Crippen LogP contribution in [-0.4, -0.2) is 21.1 Å². The second-order valence-electron chi connectivity index (χ2n) is 3.86. The Morgan fingerprint density at radius 1 is 1.19 bits per heavy atom. The lowest BCUT2D eigenvalue weighted by Crippen LogP contribution is -2.12. The molecule has 0 amide bonds. The molecule has 4 nitrogen and oxygen atoms in total. The zero-order valence-electron chi connectivity index (χ0n) is 8.46. The zero-order valence-corrected chi connectivity index (χ0v) is 8.46. The molecule has 2 rings (SSSR count). The van der Waals surface area contributed by atoms with Gasteiger partial charge in [-0.15, -0.1) is 0 Å². The molecule has 0 spiro atoms. The number of hydrogen-bond donors (Lipinski definition) is 1. The van der Waals surface area contributed by atoms with Gasteiger partial charge in [0, 0.05) is 12.3 Å². The van der Waals surface area contributed by atoms with Crippen molar-refractivity contribution in [2.24, 2.45) is 0 Å². The van der Waals surface area contributed by atoms with Crippen molar-refractivity contribution in [3.63, 3.8) is 0 Å². The molecule has 0 bridgehead atoms. The third-order valence-corrected chi connectivity index (χ3v) is 2.29. The van der Waals surface area contributed by atoms with Gasteiger partial charge in [0.15, 0.2) is 0 Å². The quantitative estimate of drug-likeness (QED) is 0.863. The summed E-state index contributed by atoms with van der Waals surface area (Å²) in [6.07, 6.45) is -3.41. The van der Waals surface area contributed by atoms with Crippen LogP contribution in [0.25, 0.3) is 0 Å². The van der Waals surface area contributed by atoms with Gasteiger partial charge >= 0.3 is 6.18 Å². The predicted octanol–water partition coefficient (Wildman–Crippen LogP) is 1.83.